The Morgan fingerprint density at radius 2 is 2.19 bits per heavy atom. The van der Waals surface area contributed by atoms with Crippen molar-refractivity contribution < 1.29 is 4.79 Å². The molecule has 4 nitrogen and oxygen atoms in total. The summed E-state index contributed by atoms with van der Waals surface area (Å²) in [4.78, 5) is 19.3. The maximum absolute atomic E-state index is 12.8. The van der Waals surface area contributed by atoms with Crippen LogP contribution in [0.3, 0.4) is 0 Å². The molecule has 1 atom stereocenters. The quantitative estimate of drug-likeness (QED) is 0.921. The summed E-state index contributed by atoms with van der Waals surface area (Å²) in [7, 11) is 0. The summed E-state index contributed by atoms with van der Waals surface area (Å²) in [5, 5.41) is 3.28. The fourth-order valence-electron chi connectivity index (χ4n) is 2.88. The smallest absolute Gasteiger partial charge is 0.254 e. The molecule has 0 aliphatic carbocycles. The lowest BCUT2D eigenvalue weighted by atomic mass is 10.1. The second-order valence-corrected chi connectivity index (χ2v) is 6.01. The fraction of sp³-hybridized carbons (Fsp3) is 0.647. The molecular formula is C17H27N3O. The summed E-state index contributed by atoms with van der Waals surface area (Å²) < 4.78 is 0. The topological polar surface area (TPSA) is 45.2 Å². The van der Waals surface area contributed by atoms with Crippen LogP contribution in [0.15, 0.2) is 12.1 Å². The molecule has 1 unspecified atom stereocenters. The molecule has 0 radical (unpaired) electrons. The average Bonchev–Trinajstić information content (AvgIpc) is 2.68. The average molecular weight is 289 g/mol. The van der Waals surface area contributed by atoms with Gasteiger partial charge in [-0.1, -0.05) is 19.8 Å². The van der Waals surface area contributed by atoms with Gasteiger partial charge < -0.3 is 10.2 Å². The highest BCUT2D eigenvalue weighted by atomic mass is 16.2. The van der Waals surface area contributed by atoms with Crippen LogP contribution < -0.4 is 5.32 Å². The number of hydrogen-bond donors (Lipinski definition) is 1. The van der Waals surface area contributed by atoms with Crippen molar-refractivity contribution in [1.29, 1.82) is 0 Å². The van der Waals surface area contributed by atoms with Gasteiger partial charge in [-0.3, -0.25) is 4.79 Å². The van der Waals surface area contributed by atoms with Gasteiger partial charge in [-0.15, -0.1) is 0 Å². The molecule has 2 heterocycles. The van der Waals surface area contributed by atoms with E-state index in [1.807, 2.05) is 24.0 Å². The van der Waals surface area contributed by atoms with Gasteiger partial charge in [0.05, 0.1) is 0 Å². The number of aryl methyl sites for hydroxylation is 1. The predicted molar refractivity (Wildman–Crippen MR) is 86.7 cm³/mol. The summed E-state index contributed by atoms with van der Waals surface area (Å²) >= 11 is 0. The van der Waals surface area contributed by atoms with E-state index in [0.717, 1.165) is 49.4 Å². The molecule has 21 heavy (non-hydrogen) atoms. The van der Waals surface area contributed by atoms with Crippen LogP contribution in [0.25, 0.3) is 0 Å². The minimum absolute atomic E-state index is 0.148. The molecule has 2 rings (SSSR count). The Bertz CT molecular complexity index is 487. The van der Waals surface area contributed by atoms with Gasteiger partial charge in [0.25, 0.3) is 5.91 Å². The standard InChI is InChI=1S/C17H27N3O/c1-4-9-18-16-12-15(11-13(2)19-16)17(21)20-10-7-5-6-8-14(20)3/h11-12,14H,4-10H2,1-3H3,(H,18,19). The number of nitrogens with one attached hydrogen (secondary N) is 1. The van der Waals surface area contributed by atoms with Crippen LogP contribution in [0.1, 0.15) is 62.0 Å². The molecule has 116 valence electrons. The zero-order valence-corrected chi connectivity index (χ0v) is 13.5. The Morgan fingerprint density at radius 3 is 2.95 bits per heavy atom. The maximum atomic E-state index is 12.8. The van der Waals surface area contributed by atoms with E-state index in [4.69, 9.17) is 0 Å². The third-order valence-electron chi connectivity index (χ3n) is 4.07. The lowest BCUT2D eigenvalue weighted by Gasteiger charge is -2.27. The molecule has 0 bridgehead atoms. The van der Waals surface area contributed by atoms with E-state index in [9.17, 15) is 4.79 Å². The lowest BCUT2D eigenvalue weighted by Crippen LogP contribution is -2.38. The maximum Gasteiger partial charge on any atom is 0.254 e. The van der Waals surface area contributed by atoms with E-state index in [0.29, 0.717) is 6.04 Å². The monoisotopic (exact) mass is 289 g/mol. The number of hydrogen-bond acceptors (Lipinski definition) is 3. The van der Waals surface area contributed by atoms with Gasteiger partial charge in [0, 0.05) is 30.4 Å². The molecule has 1 aliphatic heterocycles. The molecular weight excluding hydrogens is 262 g/mol. The highest BCUT2D eigenvalue weighted by Crippen LogP contribution is 2.20. The van der Waals surface area contributed by atoms with E-state index < -0.39 is 0 Å². The van der Waals surface area contributed by atoms with Crippen molar-refractivity contribution in [2.45, 2.75) is 58.9 Å². The summed E-state index contributed by atoms with van der Waals surface area (Å²) in [6.45, 7) is 7.98. The number of anilines is 1. The molecule has 1 amide bonds. The Morgan fingerprint density at radius 1 is 1.38 bits per heavy atom. The normalized spacial score (nSPS) is 19.2. The fourth-order valence-corrected chi connectivity index (χ4v) is 2.88. The number of rotatable bonds is 4. The summed E-state index contributed by atoms with van der Waals surface area (Å²) in [5.41, 5.74) is 1.65. The van der Waals surface area contributed by atoms with Crippen molar-refractivity contribution in [3.8, 4) is 0 Å². The molecule has 0 aromatic carbocycles. The Kier molecular flexibility index (Phi) is 5.59. The van der Waals surface area contributed by atoms with Crippen molar-refractivity contribution in [3.05, 3.63) is 23.4 Å². The van der Waals surface area contributed by atoms with Gasteiger partial charge in [0.1, 0.15) is 5.82 Å². The predicted octanol–water partition coefficient (Wildman–Crippen LogP) is 3.62. The number of likely N-dealkylation sites (tertiary alicyclic amines) is 1. The first-order chi connectivity index (χ1) is 10.1. The van der Waals surface area contributed by atoms with Gasteiger partial charge >= 0.3 is 0 Å². The Labute approximate surface area is 127 Å². The van der Waals surface area contributed by atoms with Gasteiger partial charge in [0.15, 0.2) is 0 Å². The van der Waals surface area contributed by atoms with Crippen LogP contribution in [-0.4, -0.2) is 34.9 Å². The van der Waals surface area contributed by atoms with Crippen molar-refractivity contribution in [2.24, 2.45) is 0 Å². The van der Waals surface area contributed by atoms with Crippen molar-refractivity contribution in [1.82, 2.24) is 9.88 Å². The third-order valence-corrected chi connectivity index (χ3v) is 4.07. The molecule has 1 N–H and O–H groups in total. The molecule has 1 fully saturated rings. The number of carbonyl (C=O) groups is 1. The van der Waals surface area contributed by atoms with Crippen LogP contribution in [0, 0.1) is 6.92 Å². The first-order valence-electron chi connectivity index (χ1n) is 8.15. The van der Waals surface area contributed by atoms with Gasteiger partial charge in [-0.05, 0) is 45.2 Å². The lowest BCUT2D eigenvalue weighted by molar-refractivity contribution is 0.0697. The molecule has 0 spiro atoms. The Balaban J connectivity index is 2.19. The van der Waals surface area contributed by atoms with Crippen LogP contribution in [0.4, 0.5) is 5.82 Å². The van der Waals surface area contributed by atoms with E-state index in [2.05, 4.69) is 24.1 Å². The third kappa shape index (κ3) is 4.19. The first-order valence-corrected chi connectivity index (χ1v) is 8.15. The highest BCUT2D eigenvalue weighted by Gasteiger charge is 2.23. The number of pyridine rings is 1. The number of nitrogens with zero attached hydrogens (tertiary/aromatic N) is 2. The summed E-state index contributed by atoms with van der Waals surface area (Å²) in [6.07, 6.45) is 5.72. The second kappa shape index (κ2) is 7.43. The number of carbonyl (C=O) groups excluding carboxylic acids is 1. The summed E-state index contributed by atoms with van der Waals surface area (Å²) in [5.74, 6) is 0.956. The SMILES string of the molecule is CCCNc1cc(C(=O)N2CCCCCC2C)cc(C)n1. The first kappa shape index (κ1) is 15.8. The van der Waals surface area contributed by atoms with Crippen LogP contribution in [0.2, 0.25) is 0 Å². The van der Waals surface area contributed by atoms with Crippen molar-refractivity contribution in [2.75, 3.05) is 18.4 Å². The minimum Gasteiger partial charge on any atom is -0.370 e. The van der Waals surface area contributed by atoms with Crippen LogP contribution in [0.5, 0.6) is 0 Å². The second-order valence-electron chi connectivity index (χ2n) is 6.01. The largest absolute Gasteiger partial charge is 0.370 e. The molecule has 1 aromatic rings. The molecule has 1 aliphatic rings. The highest BCUT2D eigenvalue weighted by molar-refractivity contribution is 5.95. The Hall–Kier alpha value is -1.58. The van der Waals surface area contributed by atoms with Crippen molar-refractivity contribution in [3.63, 3.8) is 0 Å². The zero-order valence-electron chi connectivity index (χ0n) is 13.5. The zero-order chi connectivity index (χ0) is 15.2. The molecule has 1 saturated heterocycles. The van der Waals surface area contributed by atoms with E-state index in [-0.39, 0.29) is 5.91 Å². The molecule has 1 aromatic heterocycles. The van der Waals surface area contributed by atoms with E-state index >= 15 is 0 Å². The van der Waals surface area contributed by atoms with Gasteiger partial charge in [-0.25, -0.2) is 4.98 Å². The van der Waals surface area contributed by atoms with Gasteiger partial charge in [-0.2, -0.15) is 0 Å². The molecule has 0 saturated carbocycles. The van der Waals surface area contributed by atoms with Crippen LogP contribution >= 0.6 is 0 Å². The van der Waals surface area contributed by atoms with Crippen LogP contribution in [-0.2, 0) is 0 Å². The van der Waals surface area contributed by atoms with Gasteiger partial charge in [0.2, 0.25) is 0 Å². The van der Waals surface area contributed by atoms with Crippen molar-refractivity contribution >= 4 is 11.7 Å². The number of aromatic nitrogens is 1. The van der Waals surface area contributed by atoms with E-state index in [1.165, 1.54) is 12.8 Å². The number of amides is 1. The summed E-state index contributed by atoms with van der Waals surface area (Å²) in [6, 6.07) is 4.13. The van der Waals surface area contributed by atoms with E-state index in [1.54, 1.807) is 0 Å². The minimum atomic E-state index is 0.148. The molecule has 4 heteroatoms.